The van der Waals surface area contributed by atoms with Crippen molar-refractivity contribution in [1.82, 2.24) is 4.90 Å². The van der Waals surface area contributed by atoms with Crippen LogP contribution < -0.4 is 4.74 Å². The number of nitrogens with zero attached hydrogens (tertiary/aromatic N) is 1. The summed E-state index contributed by atoms with van der Waals surface area (Å²) < 4.78 is 5.59. The fourth-order valence-electron chi connectivity index (χ4n) is 1.27. The van der Waals surface area contributed by atoms with E-state index in [1.807, 2.05) is 31.3 Å². The molecule has 1 aromatic carbocycles. The summed E-state index contributed by atoms with van der Waals surface area (Å²) in [4.78, 5) is 2.13. The van der Waals surface area contributed by atoms with E-state index in [0.29, 0.717) is 11.6 Å². The first-order chi connectivity index (χ1) is 8.22. The molecule has 1 rings (SSSR count). The van der Waals surface area contributed by atoms with Crippen LogP contribution in [0.3, 0.4) is 0 Å². The Balaban J connectivity index is 2.23. The van der Waals surface area contributed by atoms with Gasteiger partial charge in [0.1, 0.15) is 12.4 Å². The van der Waals surface area contributed by atoms with Gasteiger partial charge in [-0.3, -0.25) is 4.90 Å². The lowest BCUT2D eigenvalue weighted by Crippen LogP contribution is -2.24. The summed E-state index contributed by atoms with van der Waals surface area (Å²) in [6, 6.07) is 7.44. The van der Waals surface area contributed by atoms with Crippen LogP contribution in [0.25, 0.3) is 0 Å². The van der Waals surface area contributed by atoms with Gasteiger partial charge < -0.3 is 4.74 Å². The zero-order valence-corrected chi connectivity index (χ0v) is 11.1. The third-order valence-electron chi connectivity index (χ3n) is 2.19. The number of hydrogen-bond donors (Lipinski definition) is 0. The molecule has 0 unspecified atom stereocenters. The summed E-state index contributed by atoms with van der Waals surface area (Å²) in [5, 5.41) is 0.699. The second-order valence-electron chi connectivity index (χ2n) is 3.75. The predicted octanol–water partition coefficient (Wildman–Crippen LogP) is 3.06. The number of likely N-dealkylation sites (N-methyl/N-ethyl adjacent to an activating group) is 1. The molecule has 0 N–H and O–H groups in total. The molecule has 0 saturated carbocycles. The molecule has 1 aromatic rings. The number of halogens is 1. The molecular formula is C14H18ClNO. The lowest BCUT2D eigenvalue weighted by molar-refractivity contribution is 0.251. The van der Waals surface area contributed by atoms with Gasteiger partial charge in [0.15, 0.2) is 0 Å². The average Bonchev–Trinajstić information content (AvgIpc) is 2.29. The quantitative estimate of drug-likeness (QED) is 0.746. The van der Waals surface area contributed by atoms with Gasteiger partial charge in [0.05, 0.1) is 6.54 Å². The molecule has 0 radical (unpaired) electrons. The molecule has 0 spiro atoms. The van der Waals surface area contributed by atoms with Crippen LogP contribution in [-0.4, -0.2) is 31.6 Å². The summed E-state index contributed by atoms with van der Waals surface area (Å²) in [6.45, 7) is 4.33. The minimum atomic E-state index is 0.643. The van der Waals surface area contributed by atoms with Crippen LogP contribution >= 0.6 is 11.6 Å². The van der Waals surface area contributed by atoms with Crippen molar-refractivity contribution in [3.8, 4) is 17.6 Å². The van der Waals surface area contributed by atoms with Crippen molar-refractivity contribution >= 4 is 11.6 Å². The van der Waals surface area contributed by atoms with E-state index < -0.39 is 0 Å². The van der Waals surface area contributed by atoms with E-state index >= 15 is 0 Å². The molecule has 0 fully saturated rings. The first-order valence-electron chi connectivity index (χ1n) is 5.75. The van der Waals surface area contributed by atoms with E-state index in [1.54, 1.807) is 0 Å². The monoisotopic (exact) mass is 251 g/mol. The Hall–Kier alpha value is -1.17. The van der Waals surface area contributed by atoms with Crippen molar-refractivity contribution in [2.24, 2.45) is 0 Å². The normalized spacial score (nSPS) is 9.88. The molecule has 92 valence electrons. The maximum atomic E-state index is 5.86. The van der Waals surface area contributed by atoms with Crippen LogP contribution in [-0.2, 0) is 0 Å². The van der Waals surface area contributed by atoms with Crippen LogP contribution in [0, 0.1) is 11.8 Å². The maximum absolute atomic E-state index is 5.86. The lowest BCUT2D eigenvalue weighted by atomic mass is 10.3. The fourth-order valence-corrected chi connectivity index (χ4v) is 1.45. The van der Waals surface area contributed by atoms with Crippen molar-refractivity contribution in [2.75, 3.05) is 26.7 Å². The highest BCUT2D eigenvalue weighted by atomic mass is 35.5. The standard InChI is InChI=1S/C14H18ClNO/c1-3-4-5-9-16(2)10-11-17-14-8-6-7-13(15)12-14/h6-8,12H,3,9-11H2,1-2H3. The summed E-state index contributed by atoms with van der Waals surface area (Å²) in [7, 11) is 2.03. The van der Waals surface area contributed by atoms with Gasteiger partial charge in [0, 0.05) is 18.0 Å². The second kappa shape index (κ2) is 8.00. The molecule has 0 aliphatic heterocycles. The van der Waals surface area contributed by atoms with Crippen LogP contribution in [0.15, 0.2) is 24.3 Å². The Morgan fingerprint density at radius 2 is 2.18 bits per heavy atom. The fraction of sp³-hybridized carbons (Fsp3) is 0.429. The molecule has 0 aliphatic rings. The number of rotatable bonds is 5. The van der Waals surface area contributed by atoms with Crippen molar-refractivity contribution in [1.29, 1.82) is 0 Å². The highest BCUT2D eigenvalue weighted by Gasteiger charge is 1.97. The molecule has 2 nitrogen and oxygen atoms in total. The van der Waals surface area contributed by atoms with Gasteiger partial charge in [-0.05, 0) is 25.2 Å². The summed E-state index contributed by atoms with van der Waals surface area (Å²) >= 11 is 5.86. The van der Waals surface area contributed by atoms with Crippen LogP contribution in [0.5, 0.6) is 5.75 Å². The van der Waals surface area contributed by atoms with Crippen LogP contribution in [0.2, 0.25) is 5.02 Å². The van der Waals surface area contributed by atoms with Gasteiger partial charge in [0.25, 0.3) is 0 Å². The molecule has 0 amide bonds. The number of benzene rings is 1. The average molecular weight is 252 g/mol. The van der Waals surface area contributed by atoms with Gasteiger partial charge in [-0.1, -0.05) is 30.5 Å². The molecule has 3 heteroatoms. The van der Waals surface area contributed by atoms with E-state index in [0.717, 1.165) is 25.3 Å². The summed E-state index contributed by atoms with van der Waals surface area (Å²) in [5.74, 6) is 6.95. The highest BCUT2D eigenvalue weighted by molar-refractivity contribution is 6.30. The smallest absolute Gasteiger partial charge is 0.120 e. The molecule has 0 atom stereocenters. The Kier molecular flexibility index (Phi) is 6.54. The van der Waals surface area contributed by atoms with Crippen molar-refractivity contribution in [3.63, 3.8) is 0 Å². The molecule has 0 saturated heterocycles. The largest absolute Gasteiger partial charge is 0.492 e. The Bertz CT molecular complexity index is 395. The van der Waals surface area contributed by atoms with E-state index in [1.165, 1.54) is 0 Å². The van der Waals surface area contributed by atoms with Gasteiger partial charge >= 0.3 is 0 Å². The second-order valence-corrected chi connectivity index (χ2v) is 4.19. The molecule has 0 aliphatic carbocycles. The maximum Gasteiger partial charge on any atom is 0.120 e. The number of ether oxygens (including phenoxy) is 1. The Morgan fingerprint density at radius 3 is 2.88 bits per heavy atom. The first kappa shape index (κ1) is 13.9. The van der Waals surface area contributed by atoms with Crippen molar-refractivity contribution < 1.29 is 4.74 Å². The van der Waals surface area contributed by atoms with Crippen LogP contribution in [0.1, 0.15) is 13.3 Å². The van der Waals surface area contributed by atoms with E-state index in [4.69, 9.17) is 16.3 Å². The topological polar surface area (TPSA) is 12.5 Å². The van der Waals surface area contributed by atoms with Gasteiger partial charge in [-0.15, -0.1) is 5.92 Å². The Labute approximate surface area is 109 Å². The molecular weight excluding hydrogens is 234 g/mol. The van der Waals surface area contributed by atoms with Gasteiger partial charge in [0.2, 0.25) is 0 Å². The van der Waals surface area contributed by atoms with Crippen LogP contribution in [0.4, 0.5) is 0 Å². The minimum absolute atomic E-state index is 0.643. The zero-order valence-electron chi connectivity index (χ0n) is 10.4. The molecule has 0 aromatic heterocycles. The third kappa shape index (κ3) is 6.21. The van der Waals surface area contributed by atoms with E-state index in [9.17, 15) is 0 Å². The predicted molar refractivity (Wildman–Crippen MR) is 72.5 cm³/mol. The lowest BCUT2D eigenvalue weighted by Gasteiger charge is -2.13. The first-order valence-corrected chi connectivity index (χ1v) is 6.12. The molecule has 0 bridgehead atoms. The third-order valence-corrected chi connectivity index (χ3v) is 2.42. The molecule has 17 heavy (non-hydrogen) atoms. The highest BCUT2D eigenvalue weighted by Crippen LogP contribution is 2.16. The number of hydrogen-bond acceptors (Lipinski definition) is 2. The zero-order chi connectivity index (χ0) is 12.5. The van der Waals surface area contributed by atoms with Gasteiger partial charge in [-0.25, -0.2) is 0 Å². The summed E-state index contributed by atoms with van der Waals surface area (Å²) in [5.41, 5.74) is 0. The van der Waals surface area contributed by atoms with Crippen molar-refractivity contribution in [2.45, 2.75) is 13.3 Å². The Morgan fingerprint density at radius 1 is 1.35 bits per heavy atom. The van der Waals surface area contributed by atoms with E-state index in [2.05, 4.69) is 23.7 Å². The SMILES string of the molecule is CCC#CCN(C)CCOc1cccc(Cl)c1. The van der Waals surface area contributed by atoms with E-state index in [-0.39, 0.29) is 0 Å². The molecule has 0 heterocycles. The minimum Gasteiger partial charge on any atom is -0.492 e. The van der Waals surface area contributed by atoms with Gasteiger partial charge in [-0.2, -0.15) is 0 Å². The van der Waals surface area contributed by atoms with Crippen molar-refractivity contribution in [3.05, 3.63) is 29.3 Å². The summed E-state index contributed by atoms with van der Waals surface area (Å²) in [6.07, 6.45) is 0.910.